The van der Waals surface area contributed by atoms with Crippen molar-refractivity contribution in [2.45, 2.75) is 148 Å². The van der Waals surface area contributed by atoms with E-state index >= 15 is 0 Å². The quantitative estimate of drug-likeness (QED) is 0.154. The molecule has 0 aromatic carbocycles. The standard InChI is InChI=1S/C44H54O18/c1-13-20(4)33(50)59-35-37(8)18-41-39(10,25(37)16-26(48)53-12)44-32(56-22(6)46)31(55-21(5)45)38(9)29(27(28(49)19(2)3)34(51)58-30(38)24-14-15-54-17-24)43(44,61-40(11,60-41)62-44)36(42(35,41)52)57-23(7)47/h13-15,17,19,25,29-32,35-36,49,52H,16,18H2,1-12H3/b20-13+,28-27-/t25-,29+,30-,31-,32+,35-,36+,37+,38+,39+,40?,41?,42-,43+,44-/m0/s1. The molecule has 2 unspecified atom stereocenters. The van der Waals surface area contributed by atoms with Crippen LogP contribution < -0.4 is 0 Å². The molecule has 15 atom stereocenters. The molecule has 0 radical (unpaired) electrons. The first-order valence-corrected chi connectivity index (χ1v) is 20.7. The summed E-state index contributed by atoms with van der Waals surface area (Å²) < 4.78 is 64.2. The number of allylic oxidation sites excluding steroid dienone is 2. The molecule has 338 valence electrons. The van der Waals surface area contributed by atoms with Crippen LogP contribution in [0.2, 0.25) is 0 Å². The van der Waals surface area contributed by atoms with Crippen molar-refractivity contribution in [3.05, 3.63) is 47.1 Å². The zero-order chi connectivity index (χ0) is 45.7. The Morgan fingerprint density at radius 1 is 0.903 bits per heavy atom. The minimum Gasteiger partial charge on any atom is -0.511 e. The van der Waals surface area contributed by atoms with Crippen LogP contribution in [0.3, 0.4) is 0 Å². The Morgan fingerprint density at radius 3 is 2.08 bits per heavy atom. The highest BCUT2D eigenvalue weighted by molar-refractivity contribution is 5.92. The van der Waals surface area contributed by atoms with Gasteiger partial charge in [-0.25, -0.2) is 9.59 Å². The molecule has 4 saturated carbocycles. The highest BCUT2D eigenvalue weighted by atomic mass is 16.9. The molecular formula is C44H54O18. The molecule has 4 bridgehead atoms. The smallest absolute Gasteiger partial charge is 0.338 e. The molecule has 4 heterocycles. The SMILES string of the molecule is C/C=C(\C)C(=O)O[C@H]1[C@]2(C)CC34OC5(C)O[C@]6([C@@H]7/C(=C(/O)C(C)C)C(=O)O[C@@H](c8ccoc8)[C@]7(C)[C@@H](OC(C)=O)[C@@H](OC(C)=O)[C@]6(O5)[C@]3(C)[C@H]2CC(=O)OC)[C@H](OC(C)=O)[C@@]14O. The second-order valence-electron chi connectivity index (χ2n) is 19.0. The molecule has 1 aromatic heterocycles. The van der Waals surface area contributed by atoms with Gasteiger partial charge in [-0.15, -0.1) is 0 Å². The summed E-state index contributed by atoms with van der Waals surface area (Å²) in [6.07, 6.45) is -5.28. The highest BCUT2D eigenvalue weighted by Gasteiger charge is 3.07. The summed E-state index contributed by atoms with van der Waals surface area (Å²) in [5.41, 5.74) is -15.1. The maximum absolute atomic E-state index is 15.0. The number of esters is 6. The Hall–Kier alpha value is -4.78. The zero-order valence-corrected chi connectivity index (χ0v) is 36.8. The second kappa shape index (κ2) is 13.4. The number of aliphatic hydroxyl groups excluding tert-OH is 1. The van der Waals surface area contributed by atoms with Crippen molar-refractivity contribution in [2.75, 3.05) is 7.11 Å². The summed E-state index contributed by atoms with van der Waals surface area (Å²) >= 11 is 0. The fourth-order valence-electron chi connectivity index (χ4n) is 13.8. The molecule has 4 aliphatic carbocycles. The lowest BCUT2D eigenvalue weighted by Gasteiger charge is -2.78. The first-order valence-electron chi connectivity index (χ1n) is 20.7. The number of cyclic esters (lactones) is 1. The second-order valence-corrected chi connectivity index (χ2v) is 19.0. The third-order valence-corrected chi connectivity index (χ3v) is 15.6. The topological polar surface area (TPSA) is 239 Å². The summed E-state index contributed by atoms with van der Waals surface area (Å²) in [5.74, 6) is -11.9. The average molecular weight is 871 g/mol. The van der Waals surface area contributed by atoms with Gasteiger partial charge in [0, 0.05) is 67.9 Å². The van der Waals surface area contributed by atoms with Crippen molar-refractivity contribution in [3.63, 3.8) is 0 Å². The zero-order valence-electron chi connectivity index (χ0n) is 36.8. The number of hydrogen-bond donors (Lipinski definition) is 2. The Balaban J connectivity index is 1.62. The van der Waals surface area contributed by atoms with Crippen molar-refractivity contribution in [2.24, 2.45) is 34.0 Å². The largest absolute Gasteiger partial charge is 0.511 e. The van der Waals surface area contributed by atoms with Gasteiger partial charge >= 0.3 is 35.8 Å². The van der Waals surface area contributed by atoms with Gasteiger partial charge in [0.2, 0.25) is 0 Å². The van der Waals surface area contributed by atoms with Crippen LogP contribution in [0.5, 0.6) is 0 Å². The summed E-state index contributed by atoms with van der Waals surface area (Å²) in [6, 6.07) is 1.50. The lowest BCUT2D eigenvalue weighted by Crippen LogP contribution is -2.97. The number of fused-ring (bicyclic) bond motifs is 3. The van der Waals surface area contributed by atoms with Crippen molar-refractivity contribution >= 4 is 35.8 Å². The molecule has 3 aliphatic heterocycles. The van der Waals surface area contributed by atoms with Gasteiger partial charge in [-0.1, -0.05) is 40.7 Å². The Labute approximate surface area is 357 Å². The number of furan rings is 1. The van der Waals surface area contributed by atoms with Crippen LogP contribution in [-0.4, -0.2) is 106 Å². The van der Waals surface area contributed by atoms with E-state index in [1.807, 2.05) is 0 Å². The van der Waals surface area contributed by atoms with Crippen LogP contribution in [-0.2, 0) is 71.4 Å². The molecule has 62 heavy (non-hydrogen) atoms. The van der Waals surface area contributed by atoms with Crippen LogP contribution in [0.15, 0.2) is 46.0 Å². The van der Waals surface area contributed by atoms with E-state index in [-0.39, 0.29) is 17.6 Å². The lowest BCUT2D eigenvalue weighted by molar-refractivity contribution is -0.490. The van der Waals surface area contributed by atoms with Gasteiger partial charge in [-0.2, -0.15) is 0 Å². The van der Waals surface area contributed by atoms with E-state index in [0.29, 0.717) is 0 Å². The molecule has 7 fully saturated rings. The summed E-state index contributed by atoms with van der Waals surface area (Å²) in [6.45, 7) is 16.0. The molecule has 2 spiro atoms. The van der Waals surface area contributed by atoms with E-state index in [4.69, 9.17) is 47.0 Å². The number of carbonyl (C=O) groups excluding carboxylic acids is 6. The molecule has 7 aliphatic rings. The van der Waals surface area contributed by atoms with Crippen LogP contribution >= 0.6 is 0 Å². The number of hydrogen-bond acceptors (Lipinski definition) is 18. The predicted molar refractivity (Wildman–Crippen MR) is 205 cm³/mol. The van der Waals surface area contributed by atoms with Crippen LogP contribution in [0.4, 0.5) is 0 Å². The summed E-state index contributed by atoms with van der Waals surface area (Å²) in [4.78, 5) is 84.1. The van der Waals surface area contributed by atoms with Gasteiger partial charge in [0.15, 0.2) is 35.1 Å². The van der Waals surface area contributed by atoms with E-state index in [2.05, 4.69) is 0 Å². The number of methoxy groups -OCH3 is 1. The average Bonchev–Trinajstić information content (AvgIpc) is 3.88. The van der Waals surface area contributed by atoms with Gasteiger partial charge in [0.1, 0.15) is 23.6 Å². The number of rotatable bonds is 9. The normalized spacial score (nSPS) is 46.3. The number of carbonyl (C=O) groups is 6. The minimum absolute atomic E-state index is 0.159. The van der Waals surface area contributed by atoms with Gasteiger partial charge in [-0.05, 0) is 32.3 Å². The lowest BCUT2D eigenvalue weighted by atomic mass is 9.32. The van der Waals surface area contributed by atoms with Gasteiger partial charge in [0.05, 0.1) is 30.6 Å². The van der Waals surface area contributed by atoms with Gasteiger partial charge in [0.25, 0.3) is 5.97 Å². The molecule has 18 nitrogen and oxygen atoms in total. The van der Waals surface area contributed by atoms with E-state index in [0.717, 1.165) is 20.8 Å². The van der Waals surface area contributed by atoms with Crippen molar-refractivity contribution in [1.29, 1.82) is 0 Å². The molecule has 18 heteroatoms. The highest BCUT2D eigenvalue weighted by Crippen LogP contribution is 2.90. The molecule has 8 rings (SSSR count). The summed E-state index contributed by atoms with van der Waals surface area (Å²) in [5, 5.41) is 26.6. The van der Waals surface area contributed by atoms with Crippen molar-refractivity contribution < 1.29 is 86.0 Å². The fraction of sp³-hybridized carbons (Fsp3) is 0.682. The third kappa shape index (κ3) is 4.78. The first-order chi connectivity index (χ1) is 28.8. The molecule has 0 amide bonds. The first kappa shape index (κ1) is 43.9. The molecule has 3 saturated heterocycles. The predicted octanol–water partition coefficient (Wildman–Crippen LogP) is 3.98. The van der Waals surface area contributed by atoms with Crippen LogP contribution in [0.1, 0.15) is 101 Å². The molecule has 1 aromatic rings. The Bertz CT molecular complexity index is 2230. The monoisotopic (exact) mass is 870 g/mol. The van der Waals surface area contributed by atoms with E-state index in [1.165, 1.54) is 45.6 Å². The van der Waals surface area contributed by atoms with Crippen LogP contribution in [0.25, 0.3) is 0 Å². The maximum Gasteiger partial charge on any atom is 0.338 e. The van der Waals surface area contributed by atoms with E-state index in [9.17, 15) is 39.0 Å². The maximum atomic E-state index is 15.0. The number of aliphatic hydroxyl groups is 2. The molecule has 2 N–H and O–H groups in total. The van der Waals surface area contributed by atoms with Gasteiger partial charge < -0.3 is 57.3 Å². The van der Waals surface area contributed by atoms with Crippen molar-refractivity contribution in [1.82, 2.24) is 0 Å². The fourth-order valence-corrected chi connectivity index (χ4v) is 13.8. The Kier molecular flexibility index (Phi) is 9.46. The minimum atomic E-state index is -2.66. The Morgan fingerprint density at radius 2 is 1.53 bits per heavy atom. The summed E-state index contributed by atoms with van der Waals surface area (Å²) in [7, 11) is 1.19. The van der Waals surface area contributed by atoms with Crippen LogP contribution in [0, 0.1) is 34.0 Å². The van der Waals surface area contributed by atoms with E-state index < -0.39 is 146 Å². The van der Waals surface area contributed by atoms with Gasteiger partial charge in [-0.3, -0.25) is 19.2 Å². The molecular weight excluding hydrogens is 816 g/mol. The number of ether oxygens (including phenoxy) is 9. The van der Waals surface area contributed by atoms with Crippen molar-refractivity contribution in [3.8, 4) is 0 Å². The third-order valence-electron chi connectivity index (χ3n) is 15.6. The van der Waals surface area contributed by atoms with E-state index in [1.54, 1.807) is 41.5 Å².